The second-order valence-corrected chi connectivity index (χ2v) is 9.28. The van der Waals surface area contributed by atoms with Crippen molar-refractivity contribution in [2.75, 3.05) is 25.8 Å². The van der Waals surface area contributed by atoms with Crippen molar-refractivity contribution in [2.45, 2.75) is 91.2 Å². The fraction of sp³-hybridized carbons (Fsp3) is 0.621. The maximum absolute atomic E-state index is 14.7. The van der Waals surface area contributed by atoms with Crippen molar-refractivity contribution in [3.63, 3.8) is 0 Å². The van der Waals surface area contributed by atoms with Crippen LogP contribution in [0, 0.1) is 0 Å². The van der Waals surface area contributed by atoms with Crippen LogP contribution in [0.1, 0.15) is 83.8 Å². The Hall–Kier alpha value is -2.16. The number of aliphatic imine (C=N–C) groups is 2. The van der Waals surface area contributed by atoms with Crippen LogP contribution in [0.5, 0.6) is 0 Å². The fourth-order valence-electron chi connectivity index (χ4n) is 4.04. The van der Waals surface area contributed by atoms with Crippen LogP contribution in [0.2, 0.25) is 0 Å². The van der Waals surface area contributed by atoms with Crippen molar-refractivity contribution >= 4 is 29.9 Å². The van der Waals surface area contributed by atoms with Gasteiger partial charge in [0.15, 0.2) is 5.84 Å². The highest BCUT2D eigenvalue weighted by atomic mass is 35.5. The van der Waals surface area contributed by atoms with Crippen LogP contribution in [0.4, 0.5) is 8.78 Å². The van der Waals surface area contributed by atoms with Crippen molar-refractivity contribution in [1.82, 2.24) is 5.32 Å². The molecule has 0 aromatic heterocycles. The van der Waals surface area contributed by atoms with Crippen molar-refractivity contribution in [2.24, 2.45) is 9.98 Å². The fourth-order valence-corrected chi connectivity index (χ4v) is 4.20. The molecular formula is C29H44ClF2N3O3. The van der Waals surface area contributed by atoms with Gasteiger partial charge in [-0.3, -0.25) is 4.99 Å². The molecule has 0 bridgehead atoms. The van der Waals surface area contributed by atoms with E-state index in [2.05, 4.69) is 28.9 Å². The number of nitrogens with one attached hydrogen (secondary N) is 1. The number of carbonyl (C=O) groups is 1. The molecule has 0 spiro atoms. The lowest BCUT2D eigenvalue weighted by Gasteiger charge is -2.23. The highest BCUT2D eigenvalue weighted by molar-refractivity contribution is 6.17. The number of hydrogen-bond donors (Lipinski definition) is 1. The molecule has 0 radical (unpaired) electrons. The average molecular weight is 556 g/mol. The standard InChI is InChI=1S/C21H28ClF2N3O.C8H16O2/c1-4-17(18(5-2)27-14-22)20(25-3)26-13-15-8-6-9-16(12-15)21(23,24)19-10-7-11-28-19;1-3-6-10-7-4-5-8(2)9/h6,8-9,12,19,27H,3-5,7,10-11,13-14H2,1-2H3;3-7H2,1-2H3/b18-17-,26-20?;. The Morgan fingerprint density at radius 1 is 1.26 bits per heavy atom. The number of amidine groups is 1. The van der Waals surface area contributed by atoms with E-state index in [0.717, 1.165) is 43.7 Å². The smallest absolute Gasteiger partial charge is 0.298 e. The minimum absolute atomic E-state index is 0.0375. The second-order valence-electron chi connectivity index (χ2n) is 9.02. The topological polar surface area (TPSA) is 72.3 Å². The molecule has 38 heavy (non-hydrogen) atoms. The Labute approximate surface area is 231 Å². The van der Waals surface area contributed by atoms with E-state index in [1.165, 1.54) is 12.1 Å². The van der Waals surface area contributed by atoms with Gasteiger partial charge in [0.25, 0.3) is 5.92 Å². The lowest BCUT2D eigenvalue weighted by Crippen LogP contribution is -2.30. The molecule has 1 aliphatic rings. The number of rotatable bonds is 15. The number of ketones is 1. The van der Waals surface area contributed by atoms with Crippen LogP contribution >= 0.6 is 11.6 Å². The number of carbonyl (C=O) groups excluding carboxylic acids is 1. The molecule has 1 aromatic carbocycles. The predicted molar refractivity (Wildman–Crippen MR) is 152 cm³/mol. The summed E-state index contributed by atoms with van der Waals surface area (Å²) in [4.78, 5) is 19.0. The quantitative estimate of drug-likeness (QED) is 0.0816. The van der Waals surface area contributed by atoms with Gasteiger partial charge in [-0.15, -0.1) is 11.6 Å². The van der Waals surface area contributed by atoms with Gasteiger partial charge in [-0.1, -0.05) is 39.0 Å². The van der Waals surface area contributed by atoms with Gasteiger partial charge < -0.3 is 19.6 Å². The molecule has 1 saturated heterocycles. The Bertz CT molecular complexity index is 916. The van der Waals surface area contributed by atoms with Crippen LogP contribution in [0.25, 0.3) is 0 Å². The Kier molecular flexibility index (Phi) is 16.9. The van der Waals surface area contributed by atoms with Gasteiger partial charge in [-0.05, 0) is 63.8 Å². The Morgan fingerprint density at radius 2 is 2.03 bits per heavy atom. The third-order valence-corrected chi connectivity index (χ3v) is 6.13. The first-order valence-electron chi connectivity index (χ1n) is 13.4. The van der Waals surface area contributed by atoms with Gasteiger partial charge >= 0.3 is 0 Å². The summed E-state index contributed by atoms with van der Waals surface area (Å²) in [7, 11) is 0. The summed E-state index contributed by atoms with van der Waals surface area (Å²) >= 11 is 5.80. The molecule has 1 aliphatic heterocycles. The van der Waals surface area contributed by atoms with E-state index in [1.807, 2.05) is 13.8 Å². The number of allylic oxidation sites excluding steroid dienone is 1. The van der Waals surface area contributed by atoms with E-state index in [0.29, 0.717) is 43.7 Å². The second kappa shape index (κ2) is 19.0. The third-order valence-electron chi connectivity index (χ3n) is 5.99. The molecule has 1 atom stereocenters. The Balaban J connectivity index is 0.000000612. The SMILES string of the molecule is C=NC(=NCc1cccc(C(F)(F)C2CCCO2)c1)/C(CC)=C(/CC)NCCl.CCCOCCCC(C)=O. The molecule has 1 N–H and O–H groups in total. The van der Waals surface area contributed by atoms with Crippen molar-refractivity contribution in [3.05, 3.63) is 46.7 Å². The molecule has 0 aliphatic carbocycles. The summed E-state index contributed by atoms with van der Waals surface area (Å²) in [5.74, 6) is -2.25. The van der Waals surface area contributed by atoms with Gasteiger partial charge in [0.05, 0.1) is 12.5 Å². The number of ether oxygens (including phenoxy) is 2. The van der Waals surface area contributed by atoms with Crippen LogP contribution < -0.4 is 5.32 Å². The van der Waals surface area contributed by atoms with Crippen molar-refractivity contribution < 1.29 is 23.0 Å². The highest BCUT2D eigenvalue weighted by Gasteiger charge is 2.43. The largest absolute Gasteiger partial charge is 0.381 e. The maximum atomic E-state index is 14.7. The maximum Gasteiger partial charge on any atom is 0.298 e. The molecule has 6 nitrogen and oxygen atoms in total. The first-order chi connectivity index (χ1) is 18.2. The minimum atomic E-state index is -3.01. The number of halogens is 3. The first kappa shape index (κ1) is 33.9. The van der Waals surface area contributed by atoms with E-state index in [-0.39, 0.29) is 23.9 Å². The monoisotopic (exact) mass is 555 g/mol. The van der Waals surface area contributed by atoms with E-state index in [9.17, 15) is 13.6 Å². The van der Waals surface area contributed by atoms with Gasteiger partial charge in [0.1, 0.15) is 11.9 Å². The molecule has 1 unspecified atom stereocenters. The highest BCUT2D eigenvalue weighted by Crippen LogP contribution is 2.38. The van der Waals surface area contributed by atoms with E-state index in [1.54, 1.807) is 19.1 Å². The number of Topliss-reactive ketones (excluding diaryl/α,β-unsaturated/α-hetero) is 1. The summed E-state index contributed by atoms with van der Waals surface area (Å²) in [5, 5.41) is 3.12. The number of nitrogens with zero attached hydrogens (tertiary/aromatic N) is 2. The summed E-state index contributed by atoms with van der Waals surface area (Å²) in [6, 6.07) is 6.65. The number of hydrogen-bond acceptors (Lipinski definition) is 5. The Morgan fingerprint density at radius 3 is 2.58 bits per heavy atom. The van der Waals surface area contributed by atoms with Gasteiger partial charge in [-0.2, -0.15) is 8.78 Å². The lowest BCUT2D eigenvalue weighted by molar-refractivity contribution is -0.122. The zero-order chi connectivity index (χ0) is 28.4. The summed E-state index contributed by atoms with van der Waals surface area (Å²) < 4.78 is 39.8. The van der Waals surface area contributed by atoms with Gasteiger partial charge in [-0.25, -0.2) is 4.99 Å². The predicted octanol–water partition coefficient (Wildman–Crippen LogP) is 7.20. The molecule has 0 saturated carbocycles. The molecule has 0 amide bonds. The minimum Gasteiger partial charge on any atom is -0.381 e. The molecule has 1 fully saturated rings. The molecule has 9 heteroatoms. The van der Waals surface area contributed by atoms with Crippen molar-refractivity contribution in [3.8, 4) is 0 Å². The third kappa shape index (κ3) is 11.7. The lowest BCUT2D eigenvalue weighted by atomic mass is 9.99. The summed E-state index contributed by atoms with van der Waals surface area (Å²) in [5.41, 5.74) is 2.54. The zero-order valence-electron chi connectivity index (χ0n) is 23.3. The van der Waals surface area contributed by atoms with E-state index < -0.39 is 12.0 Å². The molecule has 214 valence electrons. The molecule has 1 heterocycles. The number of benzene rings is 1. The van der Waals surface area contributed by atoms with Gasteiger partial charge in [0, 0.05) is 43.1 Å². The van der Waals surface area contributed by atoms with Crippen LogP contribution in [0.15, 0.2) is 45.5 Å². The van der Waals surface area contributed by atoms with E-state index in [4.69, 9.17) is 21.1 Å². The zero-order valence-corrected chi connectivity index (χ0v) is 24.1. The summed E-state index contributed by atoms with van der Waals surface area (Å²) in [6.07, 6.45) is 4.04. The van der Waals surface area contributed by atoms with Crippen molar-refractivity contribution in [1.29, 1.82) is 0 Å². The van der Waals surface area contributed by atoms with Crippen LogP contribution in [-0.2, 0) is 26.7 Å². The molecule has 2 rings (SSSR count). The average Bonchev–Trinajstić information content (AvgIpc) is 3.46. The first-order valence-corrected chi connectivity index (χ1v) is 14.0. The van der Waals surface area contributed by atoms with Gasteiger partial charge in [0.2, 0.25) is 0 Å². The number of alkyl halides is 3. The normalized spacial score (nSPS) is 16.4. The summed E-state index contributed by atoms with van der Waals surface area (Å²) in [6.45, 7) is 13.5. The van der Waals surface area contributed by atoms with Crippen LogP contribution in [-0.4, -0.2) is 50.3 Å². The van der Waals surface area contributed by atoms with Crippen LogP contribution in [0.3, 0.4) is 0 Å². The van der Waals surface area contributed by atoms with E-state index >= 15 is 0 Å². The molecular weight excluding hydrogens is 512 g/mol. The molecule has 1 aromatic rings.